The van der Waals surface area contributed by atoms with Gasteiger partial charge in [-0.3, -0.25) is 4.79 Å². The molecule has 0 saturated carbocycles. The van der Waals surface area contributed by atoms with Crippen molar-refractivity contribution in [3.63, 3.8) is 0 Å². The Labute approximate surface area is 111 Å². The van der Waals surface area contributed by atoms with Crippen molar-refractivity contribution < 1.29 is 31.7 Å². The van der Waals surface area contributed by atoms with Crippen molar-refractivity contribution in [3.8, 4) is 5.75 Å². The molecule has 0 atom stereocenters. The van der Waals surface area contributed by atoms with Crippen LogP contribution in [0.5, 0.6) is 5.75 Å². The molecule has 8 heteroatoms. The second kappa shape index (κ2) is 5.96. The predicted molar refractivity (Wildman–Crippen MR) is 62.2 cm³/mol. The van der Waals surface area contributed by atoms with Crippen molar-refractivity contribution in [2.75, 3.05) is 7.11 Å². The molecule has 0 heterocycles. The molecule has 0 aliphatic rings. The molecule has 0 radical (unpaired) electrons. The number of benzene rings is 1. The molecular weight excluding hydrogens is 285 g/mol. The molecule has 0 aromatic heterocycles. The van der Waals surface area contributed by atoms with E-state index in [2.05, 4.69) is 8.92 Å². The van der Waals surface area contributed by atoms with Crippen molar-refractivity contribution in [3.05, 3.63) is 28.8 Å². The first-order chi connectivity index (χ1) is 8.80. The molecule has 1 aromatic carbocycles. The lowest BCUT2D eigenvalue weighted by atomic mass is 10.0. The maximum Gasteiger partial charge on any atom is 0.479 e. The molecule has 1 aromatic rings. The average molecular weight is 294 g/mol. The molecule has 0 amide bonds. The van der Waals surface area contributed by atoms with E-state index in [-0.39, 0.29) is 22.4 Å². The monoisotopic (exact) mass is 294 g/mol. The number of hydrogen-bond donors (Lipinski definition) is 0. The number of aldehydes is 1. The Hall–Kier alpha value is -1.70. The lowest BCUT2D eigenvalue weighted by Crippen LogP contribution is -2.08. The van der Waals surface area contributed by atoms with Gasteiger partial charge in [-0.25, -0.2) is 4.79 Å². The Balaban J connectivity index is 3.18. The summed E-state index contributed by atoms with van der Waals surface area (Å²) in [5.41, 5.74) is -4.56. The van der Waals surface area contributed by atoms with Crippen LogP contribution in [-0.2, 0) is 4.74 Å². The normalized spacial score (nSPS) is 11.0. The standard InChI is InChI=1S/C11H9F3O4S/c1-6-8(10(16)17-2)4-3-7(5-15)9(6)18-19-11(12,13)14/h3-5H,1-2H3. The topological polar surface area (TPSA) is 52.6 Å². The van der Waals surface area contributed by atoms with E-state index in [1.54, 1.807) is 0 Å². The van der Waals surface area contributed by atoms with Gasteiger partial charge < -0.3 is 8.92 Å². The van der Waals surface area contributed by atoms with E-state index in [4.69, 9.17) is 0 Å². The van der Waals surface area contributed by atoms with E-state index in [0.717, 1.165) is 7.11 Å². The third kappa shape index (κ3) is 3.88. The predicted octanol–water partition coefficient (Wildman–Crippen LogP) is 3.14. The van der Waals surface area contributed by atoms with Crippen LogP contribution in [0.3, 0.4) is 0 Å². The second-order valence-electron chi connectivity index (χ2n) is 3.38. The van der Waals surface area contributed by atoms with Gasteiger partial charge in [0, 0.05) is 5.56 Å². The zero-order chi connectivity index (χ0) is 14.6. The summed E-state index contributed by atoms with van der Waals surface area (Å²) in [7, 11) is 1.14. The quantitative estimate of drug-likeness (QED) is 0.485. The molecule has 0 spiro atoms. The maximum absolute atomic E-state index is 12.1. The Morgan fingerprint density at radius 2 is 2.00 bits per heavy atom. The molecule has 0 fully saturated rings. The number of methoxy groups -OCH3 is 1. The Kier molecular flexibility index (Phi) is 4.82. The van der Waals surface area contributed by atoms with E-state index in [0.29, 0.717) is 6.29 Å². The van der Waals surface area contributed by atoms with Gasteiger partial charge in [0.25, 0.3) is 0 Å². The van der Waals surface area contributed by atoms with Gasteiger partial charge in [0.2, 0.25) is 0 Å². The summed E-state index contributed by atoms with van der Waals surface area (Å²) < 4.78 is 45.3. The SMILES string of the molecule is COC(=O)c1ccc(C=O)c(OSC(F)(F)F)c1C. The van der Waals surface area contributed by atoms with Gasteiger partial charge in [-0.15, -0.1) is 0 Å². The molecule has 0 saturated heterocycles. The number of carbonyl (C=O) groups excluding carboxylic acids is 2. The summed E-state index contributed by atoms with van der Waals surface area (Å²) in [5, 5.41) is 0. The van der Waals surface area contributed by atoms with E-state index < -0.39 is 23.5 Å². The number of carbonyl (C=O) groups is 2. The van der Waals surface area contributed by atoms with Gasteiger partial charge in [0.15, 0.2) is 24.1 Å². The third-order valence-corrected chi connectivity index (χ3v) is 2.63. The summed E-state index contributed by atoms with van der Waals surface area (Å²) in [6, 6.07) is 2.48. The first-order valence-electron chi connectivity index (χ1n) is 4.89. The summed E-state index contributed by atoms with van der Waals surface area (Å²) in [4.78, 5) is 22.2. The smallest absolute Gasteiger partial charge is 0.465 e. The van der Waals surface area contributed by atoms with E-state index in [1.807, 2.05) is 0 Å². The number of ether oxygens (including phenoxy) is 1. The molecular formula is C11H9F3O4S. The highest BCUT2D eigenvalue weighted by Gasteiger charge is 2.32. The second-order valence-corrected chi connectivity index (χ2v) is 4.17. The van der Waals surface area contributed by atoms with E-state index in [9.17, 15) is 22.8 Å². The Bertz CT molecular complexity index is 499. The van der Waals surface area contributed by atoms with E-state index in [1.165, 1.54) is 19.1 Å². The fraction of sp³-hybridized carbons (Fsp3) is 0.273. The van der Waals surface area contributed by atoms with Crippen LogP contribution in [0.4, 0.5) is 13.2 Å². The van der Waals surface area contributed by atoms with Crippen LogP contribution < -0.4 is 4.18 Å². The summed E-state index contributed by atoms with van der Waals surface area (Å²) in [5.74, 6) is -1.03. The highest BCUT2D eigenvalue weighted by molar-refractivity contribution is 7.95. The van der Waals surface area contributed by atoms with Crippen molar-refractivity contribution in [2.24, 2.45) is 0 Å². The molecule has 104 valence electrons. The first kappa shape index (κ1) is 15.4. The highest BCUT2D eigenvalue weighted by atomic mass is 32.2. The molecule has 1 rings (SSSR count). The van der Waals surface area contributed by atoms with Crippen molar-refractivity contribution >= 4 is 24.3 Å². The van der Waals surface area contributed by atoms with Gasteiger partial charge in [0.1, 0.15) is 0 Å². The van der Waals surface area contributed by atoms with Crippen LogP contribution >= 0.6 is 12.0 Å². The van der Waals surface area contributed by atoms with Crippen LogP contribution in [-0.4, -0.2) is 24.9 Å². The molecule has 0 bridgehead atoms. The highest BCUT2D eigenvalue weighted by Crippen LogP contribution is 2.36. The minimum absolute atomic E-state index is 0.0332. The summed E-state index contributed by atoms with van der Waals surface area (Å²) >= 11 is -0.753. The van der Waals surface area contributed by atoms with Crippen molar-refractivity contribution in [1.29, 1.82) is 0 Å². The number of halogens is 3. The van der Waals surface area contributed by atoms with Gasteiger partial charge >= 0.3 is 11.5 Å². The molecule has 19 heavy (non-hydrogen) atoms. The average Bonchev–Trinajstić information content (AvgIpc) is 2.34. The zero-order valence-corrected chi connectivity index (χ0v) is 10.7. The Morgan fingerprint density at radius 1 is 1.37 bits per heavy atom. The van der Waals surface area contributed by atoms with Gasteiger partial charge in [-0.1, -0.05) is 0 Å². The van der Waals surface area contributed by atoms with Crippen LogP contribution in [0.15, 0.2) is 12.1 Å². The van der Waals surface area contributed by atoms with Crippen LogP contribution in [0.1, 0.15) is 26.3 Å². The van der Waals surface area contributed by atoms with Gasteiger partial charge in [-0.2, -0.15) is 13.2 Å². The fourth-order valence-corrected chi connectivity index (χ4v) is 1.74. The van der Waals surface area contributed by atoms with Gasteiger partial charge in [-0.05, 0) is 19.1 Å². The van der Waals surface area contributed by atoms with Crippen LogP contribution in [0.25, 0.3) is 0 Å². The van der Waals surface area contributed by atoms with Crippen molar-refractivity contribution in [1.82, 2.24) is 0 Å². The largest absolute Gasteiger partial charge is 0.479 e. The lowest BCUT2D eigenvalue weighted by Gasteiger charge is -2.13. The maximum atomic E-state index is 12.1. The number of rotatable bonds is 4. The van der Waals surface area contributed by atoms with Crippen LogP contribution in [0, 0.1) is 6.92 Å². The van der Waals surface area contributed by atoms with Crippen molar-refractivity contribution in [2.45, 2.75) is 12.4 Å². The first-order valence-corrected chi connectivity index (χ1v) is 5.64. The number of alkyl halides is 3. The molecule has 0 unspecified atom stereocenters. The fourth-order valence-electron chi connectivity index (χ4n) is 1.34. The van der Waals surface area contributed by atoms with Gasteiger partial charge in [0.05, 0.1) is 18.2 Å². The molecule has 0 aliphatic heterocycles. The summed E-state index contributed by atoms with van der Waals surface area (Å²) in [6.07, 6.45) is 0.348. The molecule has 4 nitrogen and oxygen atoms in total. The molecule has 0 aliphatic carbocycles. The van der Waals surface area contributed by atoms with E-state index >= 15 is 0 Å². The summed E-state index contributed by atoms with van der Waals surface area (Å²) in [6.45, 7) is 1.37. The number of esters is 1. The minimum Gasteiger partial charge on any atom is -0.465 e. The minimum atomic E-state index is -4.62. The lowest BCUT2D eigenvalue weighted by molar-refractivity contribution is -0.0370. The third-order valence-electron chi connectivity index (χ3n) is 2.19. The number of hydrogen-bond acceptors (Lipinski definition) is 5. The zero-order valence-electron chi connectivity index (χ0n) is 9.91. The van der Waals surface area contributed by atoms with Crippen LogP contribution in [0.2, 0.25) is 0 Å². The molecule has 0 N–H and O–H groups in total. The Morgan fingerprint density at radius 3 is 2.47 bits per heavy atom.